The summed E-state index contributed by atoms with van der Waals surface area (Å²) in [7, 11) is 1.67. The van der Waals surface area contributed by atoms with Crippen LogP contribution in [0.15, 0.2) is 71.5 Å². The Morgan fingerprint density at radius 2 is 1.51 bits per heavy atom. The fourth-order valence-electron chi connectivity index (χ4n) is 4.22. The molecule has 0 aliphatic carbocycles. The number of carbonyl (C=O) groups excluding carboxylic acids is 1. The number of hydrogen-bond acceptors (Lipinski definition) is 5. The summed E-state index contributed by atoms with van der Waals surface area (Å²) in [6.45, 7) is 10.1. The fraction of sp³-hybridized carbons (Fsp3) is 0.226. The van der Waals surface area contributed by atoms with E-state index in [1.165, 1.54) is 16.7 Å². The van der Waals surface area contributed by atoms with Crippen molar-refractivity contribution in [2.24, 2.45) is 7.05 Å². The third kappa shape index (κ3) is 5.75. The van der Waals surface area contributed by atoms with Gasteiger partial charge in [-0.25, -0.2) is 9.78 Å². The summed E-state index contributed by atoms with van der Waals surface area (Å²) in [5.41, 5.74) is 5.54. The molecule has 3 aromatic carbocycles. The third-order valence-corrected chi connectivity index (χ3v) is 6.82. The van der Waals surface area contributed by atoms with Gasteiger partial charge in [0.2, 0.25) is 0 Å². The molecule has 0 fully saturated rings. The first-order valence-electron chi connectivity index (χ1n) is 12.6. The number of hydrogen-bond donors (Lipinski definition) is 3. The van der Waals surface area contributed by atoms with E-state index in [1.807, 2.05) is 56.3 Å². The van der Waals surface area contributed by atoms with Crippen LogP contribution in [0.5, 0.6) is 0 Å². The van der Waals surface area contributed by atoms with Crippen LogP contribution in [0.3, 0.4) is 0 Å². The summed E-state index contributed by atoms with van der Waals surface area (Å²) in [5.74, 6) is -1.14. The fourth-order valence-corrected chi connectivity index (χ4v) is 4.22. The Balaban J connectivity index is 1.66. The molecule has 0 radical (unpaired) electrons. The van der Waals surface area contributed by atoms with Crippen molar-refractivity contribution < 1.29 is 14.7 Å². The lowest BCUT2D eigenvalue weighted by atomic mass is 9.86. The lowest BCUT2D eigenvalue weighted by Crippen LogP contribution is -2.24. The Morgan fingerprint density at radius 1 is 0.897 bits per heavy atom. The maximum absolute atomic E-state index is 13.0. The van der Waals surface area contributed by atoms with Crippen molar-refractivity contribution in [2.45, 2.75) is 40.0 Å². The second kappa shape index (κ2) is 10.6. The van der Waals surface area contributed by atoms with Crippen LogP contribution in [-0.2, 0) is 12.5 Å². The molecule has 0 aliphatic rings. The average molecular weight is 525 g/mol. The minimum Gasteiger partial charge on any atom is -0.478 e. The molecule has 39 heavy (non-hydrogen) atoms. The van der Waals surface area contributed by atoms with Gasteiger partial charge in [0.1, 0.15) is 0 Å². The Hall–Kier alpha value is -4.72. The molecule has 0 spiro atoms. The minimum absolute atomic E-state index is 0.00377. The highest BCUT2D eigenvalue weighted by Gasteiger charge is 2.18. The van der Waals surface area contributed by atoms with Gasteiger partial charge in [-0.3, -0.25) is 9.59 Å². The average Bonchev–Trinajstić information content (AvgIpc) is 2.90. The largest absolute Gasteiger partial charge is 0.478 e. The summed E-state index contributed by atoms with van der Waals surface area (Å²) in [4.78, 5) is 41.8. The van der Waals surface area contributed by atoms with Crippen LogP contribution in [0.25, 0.3) is 11.3 Å². The van der Waals surface area contributed by atoms with Crippen LogP contribution < -0.4 is 16.2 Å². The molecule has 1 aromatic heterocycles. The number of amides is 1. The van der Waals surface area contributed by atoms with Gasteiger partial charge in [0.25, 0.3) is 11.5 Å². The zero-order valence-electron chi connectivity index (χ0n) is 22.9. The van der Waals surface area contributed by atoms with E-state index in [1.54, 1.807) is 19.2 Å². The molecule has 4 rings (SSSR count). The molecular weight excluding hydrogens is 492 g/mol. The molecule has 0 bridgehead atoms. The molecule has 0 atom stereocenters. The Labute approximate surface area is 227 Å². The minimum atomic E-state index is -1.03. The molecule has 3 N–H and O–H groups in total. The van der Waals surface area contributed by atoms with Gasteiger partial charge in [-0.1, -0.05) is 45.0 Å². The van der Waals surface area contributed by atoms with Crippen molar-refractivity contribution in [3.8, 4) is 11.3 Å². The first kappa shape index (κ1) is 27.3. The summed E-state index contributed by atoms with van der Waals surface area (Å²) in [6.07, 6.45) is 0. The van der Waals surface area contributed by atoms with E-state index in [-0.39, 0.29) is 28.3 Å². The van der Waals surface area contributed by atoms with Crippen LogP contribution >= 0.6 is 0 Å². The standard InChI is InChI=1S/C31H32N4O4/c1-18-24(8-7-9-25(18)33-28(36)20-10-14-22(15-11-20)31(3,4)5)26-19(2)35(6)29(37)27(34-26)32-23-16-12-21(13-17-23)30(38)39/h7-17H,1-6H3,(H,32,34)(H,33,36)(H,38,39). The second-order valence-electron chi connectivity index (χ2n) is 10.5. The third-order valence-electron chi connectivity index (χ3n) is 6.82. The van der Waals surface area contributed by atoms with E-state index in [9.17, 15) is 14.4 Å². The van der Waals surface area contributed by atoms with Crippen LogP contribution in [0.4, 0.5) is 17.2 Å². The van der Waals surface area contributed by atoms with Crippen molar-refractivity contribution >= 4 is 29.1 Å². The van der Waals surface area contributed by atoms with Crippen molar-refractivity contribution in [2.75, 3.05) is 10.6 Å². The predicted molar refractivity (Wildman–Crippen MR) is 154 cm³/mol. The van der Waals surface area contributed by atoms with Crippen LogP contribution in [0, 0.1) is 13.8 Å². The van der Waals surface area contributed by atoms with Gasteiger partial charge in [0, 0.05) is 35.2 Å². The lowest BCUT2D eigenvalue weighted by Gasteiger charge is -2.19. The number of aromatic carboxylic acids is 1. The van der Waals surface area contributed by atoms with Gasteiger partial charge in [-0.15, -0.1) is 0 Å². The quantitative estimate of drug-likeness (QED) is 0.283. The highest BCUT2D eigenvalue weighted by atomic mass is 16.4. The molecule has 1 amide bonds. The highest BCUT2D eigenvalue weighted by Crippen LogP contribution is 2.30. The van der Waals surface area contributed by atoms with E-state index in [0.29, 0.717) is 28.3 Å². The molecule has 1 heterocycles. The Bertz CT molecular complexity index is 1610. The van der Waals surface area contributed by atoms with E-state index >= 15 is 0 Å². The van der Waals surface area contributed by atoms with Crippen LogP contribution in [-0.4, -0.2) is 26.5 Å². The topological polar surface area (TPSA) is 113 Å². The molecule has 200 valence electrons. The number of benzene rings is 3. The first-order valence-corrected chi connectivity index (χ1v) is 12.6. The maximum Gasteiger partial charge on any atom is 0.335 e. The van der Waals surface area contributed by atoms with E-state index in [4.69, 9.17) is 5.11 Å². The predicted octanol–water partition coefficient (Wildman–Crippen LogP) is 6.06. The van der Waals surface area contributed by atoms with E-state index in [2.05, 4.69) is 36.4 Å². The SMILES string of the molecule is Cc1c(NC(=O)c2ccc(C(C)(C)C)cc2)cccc1-c1nc(Nc2ccc(C(=O)O)cc2)c(=O)n(C)c1C. The van der Waals surface area contributed by atoms with Gasteiger partial charge >= 0.3 is 5.97 Å². The van der Waals surface area contributed by atoms with Gasteiger partial charge in [0.15, 0.2) is 5.82 Å². The van der Waals surface area contributed by atoms with Crippen molar-refractivity contribution in [3.63, 3.8) is 0 Å². The summed E-state index contributed by atoms with van der Waals surface area (Å²) in [5, 5.41) is 15.2. The van der Waals surface area contributed by atoms with E-state index < -0.39 is 5.97 Å². The van der Waals surface area contributed by atoms with Gasteiger partial charge in [0.05, 0.1) is 11.3 Å². The number of nitrogens with zero attached hydrogens (tertiary/aromatic N) is 2. The normalized spacial score (nSPS) is 11.2. The summed E-state index contributed by atoms with van der Waals surface area (Å²) >= 11 is 0. The molecule has 0 saturated heterocycles. The second-order valence-corrected chi connectivity index (χ2v) is 10.5. The molecule has 0 aliphatic heterocycles. The zero-order valence-corrected chi connectivity index (χ0v) is 22.9. The Kier molecular flexibility index (Phi) is 7.40. The van der Waals surface area contributed by atoms with Crippen molar-refractivity contribution in [3.05, 3.63) is 105 Å². The molecule has 8 nitrogen and oxygen atoms in total. The van der Waals surface area contributed by atoms with Crippen LogP contribution in [0.2, 0.25) is 0 Å². The number of carbonyl (C=O) groups is 2. The number of carboxylic acids is 1. The van der Waals surface area contributed by atoms with Gasteiger partial charge < -0.3 is 20.3 Å². The van der Waals surface area contributed by atoms with Crippen LogP contribution in [0.1, 0.15) is 58.3 Å². The Morgan fingerprint density at radius 3 is 2.10 bits per heavy atom. The van der Waals surface area contributed by atoms with Crippen molar-refractivity contribution in [1.82, 2.24) is 9.55 Å². The zero-order chi connectivity index (χ0) is 28.5. The number of anilines is 3. The molecule has 0 saturated carbocycles. The number of nitrogens with one attached hydrogen (secondary N) is 2. The number of aromatic nitrogens is 2. The molecule has 0 unspecified atom stereocenters. The van der Waals surface area contributed by atoms with Gasteiger partial charge in [-0.2, -0.15) is 0 Å². The molecule has 4 aromatic rings. The number of carboxylic acid groups (broad SMARTS) is 1. The molecule has 8 heteroatoms. The first-order chi connectivity index (χ1) is 18.4. The van der Waals surface area contributed by atoms with Gasteiger partial charge in [-0.05, 0) is 72.9 Å². The summed E-state index contributed by atoms with van der Waals surface area (Å²) < 4.78 is 1.51. The number of rotatable bonds is 6. The van der Waals surface area contributed by atoms with Crippen molar-refractivity contribution in [1.29, 1.82) is 0 Å². The smallest absolute Gasteiger partial charge is 0.335 e. The monoisotopic (exact) mass is 524 g/mol. The maximum atomic E-state index is 13.0. The van der Waals surface area contributed by atoms with E-state index in [0.717, 1.165) is 16.7 Å². The summed E-state index contributed by atoms with van der Waals surface area (Å²) in [6, 6.07) is 19.2. The molecular formula is C31H32N4O4. The highest BCUT2D eigenvalue weighted by molar-refractivity contribution is 6.05. The lowest BCUT2D eigenvalue weighted by molar-refractivity contribution is 0.0696.